The van der Waals surface area contributed by atoms with Crippen LogP contribution in [0.25, 0.3) is 0 Å². The van der Waals surface area contributed by atoms with Gasteiger partial charge in [-0.3, -0.25) is 4.79 Å². The van der Waals surface area contributed by atoms with Crippen LogP contribution in [0, 0.1) is 5.92 Å². The second-order valence-corrected chi connectivity index (χ2v) is 3.99. The molecule has 16 heavy (non-hydrogen) atoms. The van der Waals surface area contributed by atoms with Gasteiger partial charge in [0.1, 0.15) is 5.75 Å². The molecule has 0 amide bonds. The molecule has 0 aliphatic heterocycles. The number of hydrogen-bond donors (Lipinski definition) is 2. The smallest absolute Gasteiger partial charge is 0.309 e. The molecule has 0 fully saturated rings. The van der Waals surface area contributed by atoms with E-state index in [1.54, 1.807) is 19.2 Å². The van der Waals surface area contributed by atoms with Crippen molar-refractivity contribution in [3.05, 3.63) is 29.3 Å². The molecule has 1 aliphatic carbocycles. The van der Waals surface area contributed by atoms with Crippen molar-refractivity contribution in [2.24, 2.45) is 5.92 Å². The van der Waals surface area contributed by atoms with Gasteiger partial charge in [-0.05, 0) is 36.1 Å². The Morgan fingerprint density at radius 2 is 2.25 bits per heavy atom. The Morgan fingerprint density at radius 3 is 2.88 bits per heavy atom. The largest absolute Gasteiger partial charge is 0.497 e. The first-order chi connectivity index (χ1) is 7.63. The fraction of sp³-hybridized carbons (Fsp3) is 0.417. The number of fused-ring (bicyclic) bond motifs is 1. The third-order valence-electron chi connectivity index (χ3n) is 3.09. The van der Waals surface area contributed by atoms with E-state index in [9.17, 15) is 9.90 Å². The van der Waals surface area contributed by atoms with Gasteiger partial charge in [-0.2, -0.15) is 0 Å². The highest BCUT2D eigenvalue weighted by Gasteiger charge is 2.33. The van der Waals surface area contributed by atoms with E-state index in [-0.39, 0.29) is 0 Å². The molecule has 0 heterocycles. The highest BCUT2D eigenvalue weighted by molar-refractivity contribution is 5.71. The number of carboxylic acids is 1. The summed E-state index contributed by atoms with van der Waals surface area (Å²) in [4.78, 5) is 10.9. The molecule has 1 aromatic rings. The molecule has 4 heteroatoms. The van der Waals surface area contributed by atoms with Crippen molar-refractivity contribution in [2.75, 3.05) is 7.11 Å². The molecule has 0 bridgehead atoms. The van der Waals surface area contributed by atoms with Crippen molar-refractivity contribution in [1.82, 2.24) is 0 Å². The molecule has 1 aromatic carbocycles. The number of hydrogen-bond acceptors (Lipinski definition) is 3. The number of benzene rings is 1. The predicted molar refractivity (Wildman–Crippen MR) is 57.4 cm³/mol. The number of aryl methyl sites for hydroxylation is 1. The average Bonchev–Trinajstić information content (AvgIpc) is 2.28. The third-order valence-corrected chi connectivity index (χ3v) is 3.09. The summed E-state index contributed by atoms with van der Waals surface area (Å²) in [7, 11) is 1.58. The molecule has 0 spiro atoms. The lowest BCUT2D eigenvalue weighted by molar-refractivity contribution is -0.146. The van der Waals surface area contributed by atoms with E-state index in [0.717, 1.165) is 11.3 Å². The topological polar surface area (TPSA) is 66.8 Å². The van der Waals surface area contributed by atoms with Crippen molar-refractivity contribution in [1.29, 1.82) is 0 Å². The first-order valence-electron chi connectivity index (χ1n) is 5.21. The van der Waals surface area contributed by atoms with Gasteiger partial charge in [0.25, 0.3) is 0 Å². The molecule has 2 N–H and O–H groups in total. The monoisotopic (exact) mass is 222 g/mol. The summed E-state index contributed by atoms with van der Waals surface area (Å²) in [6.07, 6.45) is 0.226. The van der Waals surface area contributed by atoms with E-state index in [0.29, 0.717) is 18.4 Å². The van der Waals surface area contributed by atoms with Crippen molar-refractivity contribution >= 4 is 5.97 Å². The summed E-state index contributed by atoms with van der Waals surface area (Å²) in [6.45, 7) is 0. The lowest BCUT2D eigenvalue weighted by Gasteiger charge is -2.27. The maximum absolute atomic E-state index is 10.9. The molecule has 0 aromatic heterocycles. The molecule has 4 nitrogen and oxygen atoms in total. The van der Waals surface area contributed by atoms with Crippen LogP contribution < -0.4 is 4.74 Å². The lowest BCUT2D eigenvalue weighted by Crippen LogP contribution is -2.27. The Hall–Kier alpha value is -1.55. The summed E-state index contributed by atoms with van der Waals surface area (Å²) in [5.41, 5.74) is 1.68. The van der Waals surface area contributed by atoms with Gasteiger partial charge in [-0.1, -0.05) is 6.07 Å². The van der Waals surface area contributed by atoms with Crippen LogP contribution in [-0.4, -0.2) is 23.3 Å². The summed E-state index contributed by atoms with van der Waals surface area (Å²) in [5.74, 6) is -0.894. The highest BCUT2D eigenvalue weighted by atomic mass is 16.5. The number of ether oxygens (including phenoxy) is 1. The minimum Gasteiger partial charge on any atom is -0.497 e. The molecule has 1 aliphatic rings. The molecule has 2 rings (SSSR count). The molecule has 0 radical (unpaired) electrons. The number of aliphatic hydroxyl groups excluding tert-OH is 1. The number of rotatable bonds is 2. The summed E-state index contributed by atoms with van der Waals surface area (Å²) < 4.78 is 5.09. The predicted octanol–water partition coefficient (Wildman–Crippen LogP) is 1.38. The van der Waals surface area contributed by atoms with Crippen molar-refractivity contribution in [3.63, 3.8) is 0 Å². The van der Waals surface area contributed by atoms with Gasteiger partial charge >= 0.3 is 5.97 Å². The lowest BCUT2D eigenvalue weighted by atomic mass is 9.81. The normalized spacial score (nSPS) is 23.6. The zero-order valence-corrected chi connectivity index (χ0v) is 9.01. The maximum atomic E-state index is 10.9. The van der Waals surface area contributed by atoms with Gasteiger partial charge in [-0.25, -0.2) is 0 Å². The minimum atomic E-state index is -0.936. The Bertz CT molecular complexity index is 413. The molecular formula is C12H14O4. The number of aliphatic hydroxyl groups is 1. The van der Waals surface area contributed by atoms with Crippen LogP contribution in [-0.2, 0) is 11.2 Å². The second kappa shape index (κ2) is 4.14. The fourth-order valence-corrected chi connectivity index (χ4v) is 2.16. The molecule has 2 unspecified atom stereocenters. The van der Waals surface area contributed by atoms with E-state index in [4.69, 9.17) is 9.84 Å². The quantitative estimate of drug-likeness (QED) is 0.793. The van der Waals surface area contributed by atoms with E-state index < -0.39 is 18.0 Å². The summed E-state index contributed by atoms with van der Waals surface area (Å²) >= 11 is 0. The standard InChI is InChI=1S/C12H14O4/c1-16-8-3-5-9-7(6-8)2-4-10(11(9)13)12(14)15/h3,5-6,10-11,13H,2,4H2,1H3,(H,14,15). The molecular weight excluding hydrogens is 208 g/mol. The zero-order chi connectivity index (χ0) is 11.7. The van der Waals surface area contributed by atoms with Crippen LogP contribution in [0.4, 0.5) is 0 Å². The molecule has 2 atom stereocenters. The average molecular weight is 222 g/mol. The zero-order valence-electron chi connectivity index (χ0n) is 9.01. The minimum absolute atomic E-state index is 0.469. The van der Waals surface area contributed by atoms with Crippen LogP contribution in [0.5, 0.6) is 5.75 Å². The van der Waals surface area contributed by atoms with E-state index in [1.165, 1.54) is 0 Å². The first-order valence-corrected chi connectivity index (χ1v) is 5.21. The Morgan fingerprint density at radius 1 is 1.50 bits per heavy atom. The maximum Gasteiger partial charge on any atom is 0.309 e. The van der Waals surface area contributed by atoms with Gasteiger partial charge in [0.05, 0.1) is 19.1 Å². The number of methoxy groups -OCH3 is 1. The third kappa shape index (κ3) is 1.76. The van der Waals surface area contributed by atoms with E-state index >= 15 is 0 Å². The summed E-state index contributed by atoms with van der Waals surface area (Å²) in [6, 6.07) is 5.34. The van der Waals surface area contributed by atoms with Crippen molar-refractivity contribution in [2.45, 2.75) is 18.9 Å². The van der Waals surface area contributed by atoms with Crippen LogP contribution in [0.15, 0.2) is 18.2 Å². The van der Waals surface area contributed by atoms with Crippen LogP contribution >= 0.6 is 0 Å². The van der Waals surface area contributed by atoms with Crippen molar-refractivity contribution < 1.29 is 19.7 Å². The Balaban J connectivity index is 2.35. The van der Waals surface area contributed by atoms with Crippen molar-refractivity contribution in [3.8, 4) is 5.75 Å². The van der Waals surface area contributed by atoms with E-state index in [1.807, 2.05) is 6.07 Å². The van der Waals surface area contributed by atoms with Crippen LogP contribution in [0.2, 0.25) is 0 Å². The summed E-state index contributed by atoms with van der Waals surface area (Å²) in [5, 5.41) is 18.9. The first kappa shape index (κ1) is 11.0. The highest BCUT2D eigenvalue weighted by Crippen LogP contribution is 2.36. The van der Waals surface area contributed by atoms with Gasteiger partial charge < -0.3 is 14.9 Å². The van der Waals surface area contributed by atoms with Crippen LogP contribution in [0.3, 0.4) is 0 Å². The number of carboxylic acid groups (broad SMARTS) is 1. The Labute approximate surface area is 93.5 Å². The molecule has 0 saturated heterocycles. The Kier molecular flexibility index (Phi) is 2.83. The molecule has 0 saturated carbocycles. The van der Waals surface area contributed by atoms with Gasteiger partial charge in [0.15, 0.2) is 0 Å². The number of carbonyl (C=O) groups is 1. The van der Waals surface area contributed by atoms with Gasteiger partial charge in [0.2, 0.25) is 0 Å². The number of aliphatic carboxylic acids is 1. The van der Waals surface area contributed by atoms with E-state index in [2.05, 4.69) is 0 Å². The second-order valence-electron chi connectivity index (χ2n) is 3.99. The SMILES string of the molecule is COc1ccc2c(c1)CCC(C(=O)O)C2O. The molecule has 86 valence electrons. The van der Waals surface area contributed by atoms with Gasteiger partial charge in [-0.15, -0.1) is 0 Å². The fourth-order valence-electron chi connectivity index (χ4n) is 2.16. The van der Waals surface area contributed by atoms with Crippen LogP contribution in [0.1, 0.15) is 23.7 Å². The van der Waals surface area contributed by atoms with Gasteiger partial charge in [0, 0.05) is 0 Å².